The number of ether oxygens (including phenoxy) is 2. The molecular formula is C26H28N2O5S. The van der Waals surface area contributed by atoms with Crippen molar-refractivity contribution in [1.82, 2.24) is 0 Å². The van der Waals surface area contributed by atoms with E-state index in [1.54, 1.807) is 24.3 Å². The van der Waals surface area contributed by atoms with Gasteiger partial charge in [-0.25, -0.2) is 0 Å². The van der Waals surface area contributed by atoms with E-state index < -0.39 is 10.8 Å². The first-order valence-corrected chi connectivity index (χ1v) is 12.0. The quantitative estimate of drug-likeness (QED) is 0.237. The van der Waals surface area contributed by atoms with Crippen LogP contribution in [0.4, 0.5) is 11.4 Å². The number of hydrogen-bond donors (Lipinski definition) is 1. The predicted molar refractivity (Wildman–Crippen MR) is 134 cm³/mol. The van der Waals surface area contributed by atoms with Crippen molar-refractivity contribution in [2.24, 2.45) is 0 Å². The number of amides is 1. The van der Waals surface area contributed by atoms with Crippen LogP contribution in [0.1, 0.15) is 42.6 Å². The number of non-ortho nitro benzene ring substituents is 1. The molecule has 0 heterocycles. The Labute approximate surface area is 203 Å². The highest BCUT2D eigenvalue weighted by molar-refractivity contribution is 7.99. The molecule has 8 heteroatoms. The largest absolute Gasteiger partial charge is 0.490 e. The Morgan fingerprint density at radius 2 is 1.62 bits per heavy atom. The van der Waals surface area contributed by atoms with Crippen molar-refractivity contribution < 1.29 is 19.2 Å². The highest BCUT2D eigenvalue weighted by Crippen LogP contribution is 2.34. The molecule has 0 spiro atoms. The molecule has 1 amide bonds. The molecule has 0 fully saturated rings. The molecule has 1 N–H and O–H groups in total. The fraction of sp³-hybridized carbons (Fsp3) is 0.269. The lowest BCUT2D eigenvalue weighted by Crippen LogP contribution is -2.14. The monoisotopic (exact) mass is 480 g/mol. The molecule has 7 nitrogen and oxygen atoms in total. The van der Waals surface area contributed by atoms with Gasteiger partial charge in [0.2, 0.25) is 0 Å². The average molecular weight is 481 g/mol. The van der Waals surface area contributed by atoms with E-state index in [4.69, 9.17) is 9.47 Å². The van der Waals surface area contributed by atoms with E-state index in [0.29, 0.717) is 35.3 Å². The number of nitrogens with one attached hydrogen (secondary N) is 1. The van der Waals surface area contributed by atoms with E-state index >= 15 is 0 Å². The number of nitro benzene ring substituents is 1. The lowest BCUT2D eigenvalue weighted by molar-refractivity contribution is -0.384. The molecule has 0 bridgehead atoms. The van der Waals surface area contributed by atoms with Gasteiger partial charge in [-0.1, -0.05) is 43.3 Å². The summed E-state index contributed by atoms with van der Waals surface area (Å²) in [5, 5.41) is 14.2. The molecule has 0 aliphatic heterocycles. The Bertz CT molecular complexity index is 1150. The second-order valence-corrected chi connectivity index (χ2v) is 8.78. The minimum Gasteiger partial charge on any atom is -0.490 e. The third kappa shape index (κ3) is 6.74. The van der Waals surface area contributed by atoms with Crippen LogP contribution in [0.3, 0.4) is 0 Å². The summed E-state index contributed by atoms with van der Waals surface area (Å²) in [4.78, 5) is 25.6. The van der Waals surface area contributed by atoms with E-state index in [0.717, 1.165) is 23.3 Å². The zero-order valence-electron chi connectivity index (χ0n) is 19.5. The van der Waals surface area contributed by atoms with Crippen molar-refractivity contribution in [2.75, 3.05) is 18.5 Å². The van der Waals surface area contributed by atoms with E-state index in [9.17, 15) is 14.9 Å². The van der Waals surface area contributed by atoms with Gasteiger partial charge >= 0.3 is 0 Å². The van der Waals surface area contributed by atoms with Crippen molar-refractivity contribution in [2.45, 2.75) is 43.4 Å². The van der Waals surface area contributed by atoms with Crippen LogP contribution in [0.5, 0.6) is 11.5 Å². The number of carbonyl (C=O) groups is 1. The fourth-order valence-corrected chi connectivity index (χ4v) is 4.00. The number of anilines is 1. The standard InChI is InChI=1S/C26H28N2O5S/c1-4-14-32-23-12-8-19(16-24(23)33-15-5-2)27-26(29)22-17-20(28(30)31)9-13-25(22)34-21-10-6-18(3)7-11-21/h6-13,16-17H,4-5,14-15H2,1-3H3,(H,27,29). The van der Waals surface area contributed by atoms with E-state index in [-0.39, 0.29) is 11.3 Å². The van der Waals surface area contributed by atoms with Crippen molar-refractivity contribution in [1.29, 1.82) is 0 Å². The molecule has 0 aliphatic rings. The Morgan fingerprint density at radius 1 is 0.941 bits per heavy atom. The number of aryl methyl sites for hydroxylation is 1. The molecule has 0 unspecified atom stereocenters. The molecule has 178 valence electrons. The third-order valence-electron chi connectivity index (χ3n) is 4.79. The predicted octanol–water partition coefficient (Wildman–Crippen LogP) is 6.88. The van der Waals surface area contributed by atoms with Crippen LogP contribution in [-0.4, -0.2) is 24.0 Å². The molecule has 0 atom stereocenters. The van der Waals surface area contributed by atoms with Gasteiger partial charge in [-0.05, 0) is 50.1 Å². The van der Waals surface area contributed by atoms with Gasteiger partial charge in [-0.2, -0.15) is 0 Å². The maximum atomic E-state index is 13.2. The number of nitrogens with zero attached hydrogens (tertiary/aromatic N) is 1. The van der Waals surface area contributed by atoms with Crippen molar-refractivity contribution in [3.63, 3.8) is 0 Å². The van der Waals surface area contributed by atoms with Gasteiger partial charge in [0, 0.05) is 33.7 Å². The third-order valence-corrected chi connectivity index (χ3v) is 5.88. The fourth-order valence-electron chi connectivity index (χ4n) is 3.07. The summed E-state index contributed by atoms with van der Waals surface area (Å²) in [7, 11) is 0. The van der Waals surface area contributed by atoms with Crippen LogP contribution in [0.15, 0.2) is 70.5 Å². The van der Waals surface area contributed by atoms with Crippen LogP contribution in [-0.2, 0) is 0 Å². The molecule has 0 aliphatic carbocycles. The minimum absolute atomic E-state index is 0.145. The van der Waals surface area contributed by atoms with Gasteiger partial charge < -0.3 is 14.8 Å². The number of benzene rings is 3. The van der Waals surface area contributed by atoms with Gasteiger partial charge in [-0.15, -0.1) is 0 Å². The first-order valence-electron chi connectivity index (χ1n) is 11.1. The molecule has 3 aromatic rings. The van der Waals surface area contributed by atoms with Crippen LogP contribution < -0.4 is 14.8 Å². The summed E-state index contributed by atoms with van der Waals surface area (Å²) in [6, 6.07) is 17.4. The first-order chi connectivity index (χ1) is 16.4. The lowest BCUT2D eigenvalue weighted by Gasteiger charge is -2.15. The molecule has 0 saturated carbocycles. The summed E-state index contributed by atoms with van der Waals surface area (Å²) in [5.74, 6) is 0.711. The van der Waals surface area contributed by atoms with E-state index in [1.807, 2.05) is 45.0 Å². The Balaban J connectivity index is 1.89. The van der Waals surface area contributed by atoms with Gasteiger partial charge in [0.1, 0.15) is 0 Å². The molecule has 0 saturated heterocycles. The molecule has 34 heavy (non-hydrogen) atoms. The molecule has 0 radical (unpaired) electrons. The zero-order valence-corrected chi connectivity index (χ0v) is 20.3. The second-order valence-electron chi connectivity index (χ2n) is 7.67. The molecule has 0 aromatic heterocycles. The summed E-state index contributed by atoms with van der Waals surface area (Å²) in [6.45, 7) is 7.10. The van der Waals surface area contributed by atoms with Crippen LogP contribution in [0.2, 0.25) is 0 Å². The average Bonchev–Trinajstić information content (AvgIpc) is 2.83. The lowest BCUT2D eigenvalue weighted by atomic mass is 10.1. The topological polar surface area (TPSA) is 90.7 Å². The summed E-state index contributed by atoms with van der Waals surface area (Å²) < 4.78 is 11.6. The highest BCUT2D eigenvalue weighted by atomic mass is 32.2. The Hall–Kier alpha value is -3.52. The maximum absolute atomic E-state index is 13.2. The highest BCUT2D eigenvalue weighted by Gasteiger charge is 2.19. The summed E-state index contributed by atoms with van der Waals surface area (Å²) in [5.41, 5.74) is 1.71. The number of hydrogen-bond acceptors (Lipinski definition) is 6. The van der Waals surface area contributed by atoms with Crippen LogP contribution >= 0.6 is 11.8 Å². The normalized spacial score (nSPS) is 10.6. The minimum atomic E-state index is -0.506. The van der Waals surface area contributed by atoms with Crippen molar-refractivity contribution in [3.8, 4) is 11.5 Å². The molecule has 3 aromatic carbocycles. The SMILES string of the molecule is CCCOc1ccc(NC(=O)c2cc([N+](=O)[O-])ccc2Sc2ccc(C)cc2)cc1OCCC. The smallest absolute Gasteiger partial charge is 0.270 e. The van der Waals surface area contributed by atoms with E-state index in [2.05, 4.69) is 5.32 Å². The summed E-state index contributed by atoms with van der Waals surface area (Å²) >= 11 is 1.38. The number of nitro groups is 1. The van der Waals surface area contributed by atoms with Gasteiger partial charge in [0.05, 0.1) is 23.7 Å². The zero-order chi connectivity index (χ0) is 24.5. The second kappa shape index (κ2) is 12.1. The van der Waals surface area contributed by atoms with Crippen LogP contribution in [0.25, 0.3) is 0 Å². The van der Waals surface area contributed by atoms with Crippen molar-refractivity contribution >= 4 is 29.0 Å². The molecule has 3 rings (SSSR count). The number of rotatable bonds is 11. The molecular weight excluding hydrogens is 452 g/mol. The summed E-state index contributed by atoms with van der Waals surface area (Å²) in [6.07, 6.45) is 1.69. The number of carbonyl (C=O) groups excluding carboxylic acids is 1. The Kier molecular flexibility index (Phi) is 8.93. The Morgan fingerprint density at radius 3 is 2.26 bits per heavy atom. The van der Waals surface area contributed by atoms with Crippen molar-refractivity contribution in [3.05, 3.63) is 81.9 Å². The van der Waals surface area contributed by atoms with Gasteiger partial charge in [0.15, 0.2) is 11.5 Å². The van der Waals surface area contributed by atoms with Crippen LogP contribution in [0, 0.1) is 17.0 Å². The van der Waals surface area contributed by atoms with Gasteiger partial charge in [0.25, 0.3) is 11.6 Å². The van der Waals surface area contributed by atoms with Gasteiger partial charge in [-0.3, -0.25) is 14.9 Å². The van der Waals surface area contributed by atoms with E-state index in [1.165, 1.54) is 23.9 Å². The maximum Gasteiger partial charge on any atom is 0.270 e. The first kappa shape index (κ1) is 25.1.